The third kappa shape index (κ3) is 4.71. The first-order chi connectivity index (χ1) is 14.0. The van der Waals surface area contributed by atoms with Crippen molar-refractivity contribution >= 4 is 23.2 Å². The quantitative estimate of drug-likeness (QED) is 0.365. The second-order valence-electron chi connectivity index (χ2n) is 6.84. The number of unbranched alkanes of at least 4 members (excludes halogenated alkanes) is 1. The summed E-state index contributed by atoms with van der Waals surface area (Å²) in [6.07, 6.45) is 1.33. The molecule has 6 nitrogen and oxygen atoms in total. The van der Waals surface area contributed by atoms with Gasteiger partial charge >= 0.3 is 0 Å². The molecule has 0 bridgehead atoms. The van der Waals surface area contributed by atoms with Crippen molar-refractivity contribution < 1.29 is 14.8 Å². The van der Waals surface area contributed by atoms with Gasteiger partial charge in [0.15, 0.2) is 0 Å². The Bertz CT molecular complexity index is 1000. The molecule has 1 heterocycles. The molecule has 0 radical (unpaired) electrons. The summed E-state index contributed by atoms with van der Waals surface area (Å²) in [5, 5.41) is 8.51. The molecule has 0 fully saturated rings. The number of anilines is 1. The van der Waals surface area contributed by atoms with Gasteiger partial charge in [0.2, 0.25) is 5.91 Å². The Morgan fingerprint density at radius 2 is 2.00 bits per heavy atom. The highest BCUT2D eigenvalue weighted by molar-refractivity contribution is 6.20. The fraction of sp³-hybridized carbons (Fsp3) is 0.261. The van der Waals surface area contributed by atoms with Crippen LogP contribution in [0, 0.1) is 11.8 Å². The van der Waals surface area contributed by atoms with Crippen LogP contribution in [0.2, 0.25) is 0 Å². The lowest BCUT2D eigenvalue weighted by atomic mass is 9.98. The van der Waals surface area contributed by atoms with Crippen LogP contribution in [0.4, 0.5) is 5.69 Å². The fourth-order valence-electron chi connectivity index (χ4n) is 3.20. The number of aliphatic imine (C=N–C) groups is 1. The normalized spacial score (nSPS) is 15.6. The van der Waals surface area contributed by atoms with Gasteiger partial charge in [-0.1, -0.05) is 42.2 Å². The van der Waals surface area contributed by atoms with Crippen LogP contribution >= 0.6 is 0 Å². The van der Waals surface area contributed by atoms with Crippen molar-refractivity contribution in [3.63, 3.8) is 0 Å². The van der Waals surface area contributed by atoms with E-state index in [0.29, 0.717) is 12.8 Å². The molecule has 2 aromatic carbocycles. The lowest BCUT2D eigenvalue weighted by Crippen LogP contribution is -2.32. The van der Waals surface area contributed by atoms with Crippen molar-refractivity contribution in [2.45, 2.75) is 32.2 Å². The van der Waals surface area contributed by atoms with Crippen molar-refractivity contribution in [1.29, 1.82) is 0 Å². The summed E-state index contributed by atoms with van der Waals surface area (Å²) in [6.45, 7) is 1.80. The van der Waals surface area contributed by atoms with Gasteiger partial charge in [-0.25, -0.2) is 5.48 Å². The Balaban J connectivity index is 1.94. The van der Waals surface area contributed by atoms with Crippen molar-refractivity contribution in [2.75, 3.05) is 11.9 Å². The summed E-state index contributed by atoms with van der Waals surface area (Å²) in [7, 11) is 1.76. The Morgan fingerprint density at radius 1 is 1.24 bits per heavy atom. The van der Waals surface area contributed by atoms with Gasteiger partial charge in [-0.2, -0.15) is 0 Å². The lowest BCUT2D eigenvalue weighted by Gasteiger charge is -2.19. The number of amides is 2. The Hall–Kier alpha value is -3.43. The van der Waals surface area contributed by atoms with Crippen LogP contribution in [0.5, 0.6) is 0 Å². The zero-order chi connectivity index (χ0) is 20.8. The maximum Gasteiger partial charge on any atom is 0.251 e. The number of nitrogens with zero attached hydrogens (tertiary/aromatic N) is 2. The van der Waals surface area contributed by atoms with E-state index in [0.717, 1.165) is 28.1 Å². The molecule has 6 heteroatoms. The third-order valence-corrected chi connectivity index (χ3v) is 4.73. The zero-order valence-corrected chi connectivity index (χ0v) is 16.5. The number of fused-ring (bicyclic) bond motifs is 1. The van der Waals surface area contributed by atoms with E-state index in [1.807, 2.05) is 48.5 Å². The summed E-state index contributed by atoms with van der Waals surface area (Å²) >= 11 is 0. The molecule has 1 aliphatic rings. The van der Waals surface area contributed by atoms with Crippen LogP contribution in [0.25, 0.3) is 0 Å². The third-order valence-electron chi connectivity index (χ3n) is 4.73. The number of hydrogen-bond acceptors (Lipinski definition) is 4. The minimum atomic E-state index is -0.477. The molecule has 0 spiro atoms. The standard InChI is InChI=1S/C23H23N3O3/c1-16-23(28)26(2)20-14-13-17(9-5-3-8-12-21(27)25-29)15-19(20)22(24-16)18-10-6-4-7-11-18/h4,6-7,10-11,13-16,29H,3,8,12H2,1-2H3,(H,25,27)/t16-/m0/s1. The largest absolute Gasteiger partial charge is 0.313 e. The monoisotopic (exact) mass is 389 g/mol. The predicted octanol–water partition coefficient (Wildman–Crippen LogP) is 2.92. The van der Waals surface area contributed by atoms with Crippen LogP contribution in [0.1, 0.15) is 42.9 Å². The molecule has 29 heavy (non-hydrogen) atoms. The fourth-order valence-corrected chi connectivity index (χ4v) is 3.20. The van der Waals surface area contributed by atoms with E-state index in [-0.39, 0.29) is 12.3 Å². The summed E-state index contributed by atoms with van der Waals surface area (Å²) in [6, 6.07) is 15.1. The SMILES string of the molecule is C[C@@H]1N=C(c2ccccc2)c2cc(C#CCCCC(=O)NO)ccc2N(C)C1=O. The number of carbonyl (C=O) groups is 2. The molecular weight excluding hydrogens is 366 g/mol. The van der Waals surface area contributed by atoms with Gasteiger partial charge in [0.1, 0.15) is 6.04 Å². The molecule has 1 aliphatic heterocycles. The highest BCUT2D eigenvalue weighted by Crippen LogP contribution is 2.28. The van der Waals surface area contributed by atoms with Gasteiger partial charge in [-0.3, -0.25) is 19.8 Å². The van der Waals surface area contributed by atoms with Crippen LogP contribution in [-0.4, -0.2) is 35.8 Å². The average Bonchev–Trinajstić information content (AvgIpc) is 2.84. The molecule has 0 aromatic heterocycles. The van der Waals surface area contributed by atoms with Gasteiger partial charge in [0.05, 0.1) is 11.4 Å². The minimum absolute atomic E-state index is 0.0572. The number of carbonyl (C=O) groups excluding carboxylic acids is 2. The Kier molecular flexibility index (Phi) is 6.43. The Morgan fingerprint density at radius 3 is 2.72 bits per heavy atom. The highest BCUT2D eigenvalue weighted by Gasteiger charge is 2.27. The summed E-state index contributed by atoms with van der Waals surface area (Å²) in [4.78, 5) is 30.0. The summed E-state index contributed by atoms with van der Waals surface area (Å²) < 4.78 is 0. The number of benzene rings is 2. The topological polar surface area (TPSA) is 82.0 Å². The van der Waals surface area contributed by atoms with Gasteiger partial charge in [-0.05, 0) is 31.5 Å². The first-order valence-electron chi connectivity index (χ1n) is 9.48. The van der Waals surface area contributed by atoms with Crippen LogP contribution < -0.4 is 10.4 Å². The minimum Gasteiger partial charge on any atom is -0.313 e. The molecule has 3 rings (SSSR count). The number of nitrogens with one attached hydrogen (secondary N) is 1. The van der Waals surface area contributed by atoms with Crippen LogP contribution in [0.3, 0.4) is 0 Å². The molecule has 2 N–H and O–H groups in total. The molecular formula is C23H23N3O3. The van der Waals surface area contributed by atoms with Gasteiger partial charge in [-0.15, -0.1) is 0 Å². The van der Waals surface area contributed by atoms with E-state index in [2.05, 4.69) is 11.8 Å². The smallest absolute Gasteiger partial charge is 0.251 e. The molecule has 2 amide bonds. The number of hydroxylamine groups is 1. The van der Waals surface area contributed by atoms with Gasteiger partial charge in [0, 0.05) is 36.6 Å². The van der Waals surface area contributed by atoms with Gasteiger partial charge in [0.25, 0.3) is 5.91 Å². The van der Waals surface area contributed by atoms with E-state index in [1.54, 1.807) is 24.4 Å². The van der Waals surface area contributed by atoms with E-state index in [1.165, 1.54) is 0 Å². The maximum atomic E-state index is 12.6. The molecule has 148 valence electrons. The zero-order valence-electron chi connectivity index (χ0n) is 16.5. The second-order valence-corrected chi connectivity index (χ2v) is 6.84. The maximum absolute atomic E-state index is 12.6. The number of benzodiazepines with no additional fused rings is 1. The summed E-state index contributed by atoms with van der Waals surface area (Å²) in [5.41, 5.74) is 5.81. The number of rotatable bonds is 4. The lowest BCUT2D eigenvalue weighted by molar-refractivity contribution is -0.129. The van der Waals surface area contributed by atoms with E-state index >= 15 is 0 Å². The van der Waals surface area contributed by atoms with Crippen LogP contribution in [-0.2, 0) is 9.59 Å². The molecule has 1 atom stereocenters. The van der Waals surface area contributed by atoms with Crippen molar-refractivity contribution in [3.8, 4) is 11.8 Å². The van der Waals surface area contributed by atoms with Crippen molar-refractivity contribution in [3.05, 3.63) is 65.2 Å². The highest BCUT2D eigenvalue weighted by atomic mass is 16.5. The Labute approximate surface area is 170 Å². The molecule has 0 unspecified atom stereocenters. The predicted molar refractivity (Wildman–Crippen MR) is 112 cm³/mol. The number of likely N-dealkylation sites (N-methyl/N-ethyl adjacent to an activating group) is 1. The van der Waals surface area contributed by atoms with E-state index < -0.39 is 11.9 Å². The first kappa shape index (κ1) is 20.3. The molecule has 0 aliphatic carbocycles. The second kappa shape index (κ2) is 9.18. The summed E-state index contributed by atoms with van der Waals surface area (Å²) in [5.74, 6) is 5.70. The average molecular weight is 389 g/mol. The molecule has 0 saturated heterocycles. The molecule has 2 aromatic rings. The van der Waals surface area contributed by atoms with Crippen molar-refractivity contribution in [1.82, 2.24) is 5.48 Å². The first-order valence-corrected chi connectivity index (χ1v) is 9.48. The van der Waals surface area contributed by atoms with Crippen molar-refractivity contribution in [2.24, 2.45) is 4.99 Å². The van der Waals surface area contributed by atoms with Crippen LogP contribution in [0.15, 0.2) is 53.5 Å². The van der Waals surface area contributed by atoms with Gasteiger partial charge < -0.3 is 4.90 Å². The number of hydrogen-bond donors (Lipinski definition) is 2. The van der Waals surface area contributed by atoms with E-state index in [9.17, 15) is 9.59 Å². The van der Waals surface area contributed by atoms with E-state index in [4.69, 9.17) is 10.2 Å². The molecule has 0 saturated carbocycles.